The van der Waals surface area contributed by atoms with E-state index in [0.717, 1.165) is 13.1 Å². The molecule has 0 saturated carbocycles. The summed E-state index contributed by atoms with van der Waals surface area (Å²) < 4.78 is 5.36. The van der Waals surface area contributed by atoms with Crippen molar-refractivity contribution in [2.24, 2.45) is 0 Å². The third kappa shape index (κ3) is 5.19. The summed E-state index contributed by atoms with van der Waals surface area (Å²) in [6.07, 6.45) is 3.70. The molecule has 1 fully saturated rings. The van der Waals surface area contributed by atoms with Crippen molar-refractivity contribution in [3.05, 3.63) is 34.4 Å². The van der Waals surface area contributed by atoms with E-state index in [1.54, 1.807) is 0 Å². The van der Waals surface area contributed by atoms with Crippen LogP contribution in [0.2, 0.25) is 0 Å². The van der Waals surface area contributed by atoms with Crippen molar-refractivity contribution in [3.63, 3.8) is 0 Å². The van der Waals surface area contributed by atoms with E-state index in [2.05, 4.69) is 24.1 Å². The molecule has 132 valence electrons. The summed E-state index contributed by atoms with van der Waals surface area (Å²) in [5, 5.41) is 13.5. The van der Waals surface area contributed by atoms with E-state index < -0.39 is 4.92 Å². The molecule has 1 amide bonds. The molecule has 1 aromatic carbocycles. The molecule has 1 N–H and O–H groups in total. The predicted octanol–water partition coefficient (Wildman–Crippen LogP) is 2.35. The summed E-state index contributed by atoms with van der Waals surface area (Å²) in [6, 6.07) is 5.69. The Labute approximate surface area is 142 Å². The molecule has 0 unspecified atom stereocenters. The number of carbonyl (C=O) groups is 1. The van der Waals surface area contributed by atoms with Crippen molar-refractivity contribution in [2.75, 3.05) is 26.2 Å². The van der Waals surface area contributed by atoms with E-state index in [-0.39, 0.29) is 23.7 Å². The number of non-ortho nitro benzene ring substituents is 1. The first-order valence-corrected chi connectivity index (χ1v) is 8.27. The third-order valence-electron chi connectivity index (χ3n) is 4.35. The molecule has 0 aromatic heterocycles. The minimum atomic E-state index is -0.473. The molecule has 7 heteroatoms. The Kier molecular flexibility index (Phi) is 6.14. The van der Waals surface area contributed by atoms with Gasteiger partial charge in [-0.2, -0.15) is 0 Å². The Balaban J connectivity index is 1.75. The van der Waals surface area contributed by atoms with Gasteiger partial charge in [-0.3, -0.25) is 19.8 Å². The number of nitrogens with zero attached hydrogens (tertiary/aromatic N) is 2. The minimum Gasteiger partial charge on any atom is -0.484 e. The van der Waals surface area contributed by atoms with Crippen LogP contribution in [-0.2, 0) is 4.79 Å². The van der Waals surface area contributed by atoms with Crippen LogP contribution in [0.4, 0.5) is 5.69 Å². The molecule has 1 saturated heterocycles. The predicted molar refractivity (Wildman–Crippen MR) is 91.1 cm³/mol. The molecule has 0 bridgehead atoms. The van der Waals surface area contributed by atoms with E-state index >= 15 is 0 Å². The first-order valence-electron chi connectivity index (χ1n) is 8.27. The highest BCUT2D eigenvalue weighted by molar-refractivity contribution is 5.77. The first-order chi connectivity index (χ1) is 11.4. The maximum Gasteiger partial charge on any atom is 0.269 e. The Morgan fingerprint density at radius 1 is 1.25 bits per heavy atom. The van der Waals surface area contributed by atoms with Gasteiger partial charge in [0, 0.05) is 24.2 Å². The Bertz CT molecular complexity index is 566. The van der Waals surface area contributed by atoms with E-state index in [9.17, 15) is 14.9 Å². The number of likely N-dealkylation sites (tertiary alicyclic amines) is 1. The molecule has 1 aliphatic rings. The van der Waals surface area contributed by atoms with Crippen LogP contribution in [0.25, 0.3) is 0 Å². The summed E-state index contributed by atoms with van der Waals surface area (Å²) >= 11 is 0. The molecule has 1 aromatic rings. The number of amides is 1. The second-order valence-corrected chi connectivity index (χ2v) is 6.68. The number of benzene rings is 1. The second-order valence-electron chi connectivity index (χ2n) is 6.68. The molecule has 24 heavy (non-hydrogen) atoms. The fraction of sp³-hybridized carbons (Fsp3) is 0.588. The van der Waals surface area contributed by atoms with E-state index in [1.165, 1.54) is 43.5 Å². The van der Waals surface area contributed by atoms with Crippen LogP contribution in [-0.4, -0.2) is 47.5 Å². The van der Waals surface area contributed by atoms with Crippen LogP contribution >= 0.6 is 0 Å². The van der Waals surface area contributed by atoms with Crippen LogP contribution in [0.1, 0.15) is 33.1 Å². The van der Waals surface area contributed by atoms with Crippen molar-refractivity contribution in [3.8, 4) is 5.75 Å². The number of piperidine rings is 1. The molecule has 2 rings (SSSR count). The molecule has 0 aliphatic carbocycles. The van der Waals surface area contributed by atoms with Gasteiger partial charge in [0.2, 0.25) is 0 Å². The minimum absolute atomic E-state index is 0.00455. The highest BCUT2D eigenvalue weighted by Gasteiger charge is 2.28. The van der Waals surface area contributed by atoms with Gasteiger partial charge in [-0.15, -0.1) is 0 Å². The van der Waals surface area contributed by atoms with Crippen LogP contribution in [0.3, 0.4) is 0 Å². The molecule has 0 atom stereocenters. The summed E-state index contributed by atoms with van der Waals surface area (Å²) in [5.74, 6) is 0.240. The topological polar surface area (TPSA) is 84.7 Å². The van der Waals surface area contributed by atoms with E-state index in [4.69, 9.17) is 4.74 Å². The zero-order valence-electron chi connectivity index (χ0n) is 14.3. The second kappa shape index (κ2) is 8.10. The lowest BCUT2D eigenvalue weighted by Gasteiger charge is -2.41. The molecular formula is C17H25N3O4. The standard InChI is InChI=1S/C17H25N3O4/c1-17(2,19-10-4-3-5-11-19)13-18-16(21)12-24-15-8-6-14(7-9-15)20(22)23/h6-9H,3-5,10-13H2,1-2H3,(H,18,21). The Morgan fingerprint density at radius 2 is 1.88 bits per heavy atom. The summed E-state index contributed by atoms with van der Waals surface area (Å²) in [5.41, 5.74) is -0.0845. The molecule has 1 aliphatic heterocycles. The lowest BCUT2D eigenvalue weighted by atomic mass is 9.98. The van der Waals surface area contributed by atoms with Crippen molar-refractivity contribution in [1.82, 2.24) is 10.2 Å². The monoisotopic (exact) mass is 335 g/mol. The van der Waals surface area contributed by atoms with Gasteiger partial charge in [-0.25, -0.2) is 0 Å². The van der Waals surface area contributed by atoms with Crippen LogP contribution in [0.5, 0.6) is 5.75 Å². The van der Waals surface area contributed by atoms with Gasteiger partial charge in [0.1, 0.15) is 5.75 Å². The fourth-order valence-corrected chi connectivity index (χ4v) is 2.79. The lowest BCUT2D eigenvalue weighted by Crippen LogP contribution is -2.53. The smallest absolute Gasteiger partial charge is 0.269 e. The highest BCUT2D eigenvalue weighted by Crippen LogP contribution is 2.20. The number of rotatable bonds is 7. The first kappa shape index (κ1) is 18.2. The number of nitrogens with one attached hydrogen (secondary N) is 1. The summed E-state index contributed by atoms with van der Waals surface area (Å²) in [4.78, 5) is 24.5. The molecule has 0 radical (unpaired) electrons. The molecule has 0 spiro atoms. The SMILES string of the molecule is CC(C)(CNC(=O)COc1ccc([N+](=O)[O-])cc1)N1CCCCC1. The fourth-order valence-electron chi connectivity index (χ4n) is 2.79. The zero-order chi connectivity index (χ0) is 17.6. The van der Waals surface area contributed by atoms with Gasteiger partial charge in [0.25, 0.3) is 11.6 Å². The van der Waals surface area contributed by atoms with Crippen LogP contribution in [0, 0.1) is 10.1 Å². The van der Waals surface area contributed by atoms with Crippen LogP contribution in [0.15, 0.2) is 24.3 Å². The van der Waals surface area contributed by atoms with E-state index in [0.29, 0.717) is 12.3 Å². The van der Waals surface area contributed by atoms with Gasteiger partial charge in [0.15, 0.2) is 6.61 Å². The van der Waals surface area contributed by atoms with Gasteiger partial charge in [0.05, 0.1) is 4.92 Å². The summed E-state index contributed by atoms with van der Waals surface area (Å²) in [6.45, 7) is 6.87. The van der Waals surface area contributed by atoms with Crippen molar-refractivity contribution in [2.45, 2.75) is 38.6 Å². The van der Waals surface area contributed by atoms with Gasteiger partial charge in [-0.1, -0.05) is 6.42 Å². The van der Waals surface area contributed by atoms with Crippen molar-refractivity contribution < 1.29 is 14.5 Å². The average Bonchev–Trinajstić information content (AvgIpc) is 2.59. The Hall–Kier alpha value is -2.15. The highest BCUT2D eigenvalue weighted by atomic mass is 16.6. The Morgan fingerprint density at radius 3 is 2.46 bits per heavy atom. The number of hydrogen-bond donors (Lipinski definition) is 1. The number of carbonyl (C=O) groups excluding carboxylic acids is 1. The summed E-state index contributed by atoms with van der Waals surface area (Å²) in [7, 11) is 0. The average molecular weight is 335 g/mol. The lowest BCUT2D eigenvalue weighted by molar-refractivity contribution is -0.384. The van der Waals surface area contributed by atoms with Crippen LogP contribution < -0.4 is 10.1 Å². The zero-order valence-corrected chi connectivity index (χ0v) is 14.3. The largest absolute Gasteiger partial charge is 0.484 e. The maximum atomic E-state index is 12.0. The van der Waals surface area contributed by atoms with Crippen molar-refractivity contribution >= 4 is 11.6 Å². The number of ether oxygens (including phenoxy) is 1. The molecular weight excluding hydrogens is 310 g/mol. The maximum absolute atomic E-state index is 12.0. The quantitative estimate of drug-likeness (QED) is 0.611. The number of nitro benzene ring substituents is 1. The van der Waals surface area contributed by atoms with Crippen molar-refractivity contribution in [1.29, 1.82) is 0 Å². The molecule has 1 heterocycles. The van der Waals surface area contributed by atoms with Gasteiger partial charge >= 0.3 is 0 Å². The van der Waals surface area contributed by atoms with Gasteiger partial charge in [-0.05, 0) is 51.9 Å². The third-order valence-corrected chi connectivity index (χ3v) is 4.35. The van der Waals surface area contributed by atoms with E-state index in [1.807, 2.05) is 0 Å². The normalized spacial score (nSPS) is 15.8. The number of hydrogen-bond acceptors (Lipinski definition) is 5. The van der Waals surface area contributed by atoms with Gasteiger partial charge < -0.3 is 10.1 Å². The number of nitro groups is 1. The molecule has 7 nitrogen and oxygen atoms in total.